The van der Waals surface area contributed by atoms with E-state index in [0.29, 0.717) is 0 Å². The Hall–Kier alpha value is -8.67. The molecule has 5 aromatic rings. The summed E-state index contributed by atoms with van der Waals surface area (Å²) >= 11 is 0. The molecule has 3 heterocycles. The molecule has 0 spiro atoms. The van der Waals surface area contributed by atoms with Gasteiger partial charge < -0.3 is 0 Å². The van der Waals surface area contributed by atoms with Gasteiger partial charge in [-0.2, -0.15) is 47.4 Å². The SMILES string of the molecule is CC(C#N)=c1c(F)c(F)c(=C(C#N)C#N)c(F)c1F.N#Cc1nc2c3nc(C#N)c(C#N)nc3c3nc(C#N)c(C#N)nc3c2nc1C#N. The van der Waals surface area contributed by atoms with Crippen molar-refractivity contribution in [3.63, 3.8) is 0 Å². The van der Waals surface area contributed by atoms with Crippen molar-refractivity contribution in [2.75, 3.05) is 0 Å². The van der Waals surface area contributed by atoms with Crippen molar-refractivity contribution in [2.45, 2.75) is 6.92 Å². The lowest BCUT2D eigenvalue weighted by atomic mass is 10.1. The monoisotopic (exact) mass is 649 g/mol. The third-order valence-corrected chi connectivity index (χ3v) is 6.28. The van der Waals surface area contributed by atoms with Gasteiger partial charge in [-0.15, -0.1) is 0 Å². The number of fused-ring (bicyclic) bond motifs is 6. The van der Waals surface area contributed by atoms with E-state index < -0.39 is 44.9 Å². The fourth-order valence-corrected chi connectivity index (χ4v) is 4.14. The molecule has 0 amide bonds. The molecule has 15 nitrogen and oxygen atoms in total. The minimum Gasteiger partial charge on any atom is -0.230 e. The average molecular weight is 649 g/mol. The highest BCUT2D eigenvalue weighted by atomic mass is 19.2. The van der Waals surface area contributed by atoms with Crippen molar-refractivity contribution in [2.24, 2.45) is 0 Å². The minimum absolute atomic E-state index is 0.0237. The maximum Gasteiger partial charge on any atom is 0.177 e. The predicted molar refractivity (Wildman–Crippen MR) is 149 cm³/mol. The van der Waals surface area contributed by atoms with E-state index in [0.717, 1.165) is 19.1 Å². The van der Waals surface area contributed by atoms with E-state index in [1.807, 2.05) is 0 Å². The largest absolute Gasteiger partial charge is 0.230 e. The molecule has 0 unspecified atom stereocenters. The van der Waals surface area contributed by atoms with Crippen LogP contribution in [0.25, 0.3) is 44.2 Å². The van der Waals surface area contributed by atoms with Crippen LogP contribution in [0.3, 0.4) is 0 Å². The Morgan fingerprint density at radius 2 is 0.612 bits per heavy atom. The highest BCUT2D eigenvalue weighted by molar-refractivity contribution is 6.18. The summed E-state index contributed by atoms with van der Waals surface area (Å²) in [7, 11) is 0. The maximum absolute atomic E-state index is 13.6. The molecule has 0 radical (unpaired) electrons. The van der Waals surface area contributed by atoms with Gasteiger partial charge in [0.25, 0.3) is 0 Å². The molecule has 49 heavy (non-hydrogen) atoms. The van der Waals surface area contributed by atoms with Gasteiger partial charge in [0.05, 0.1) is 16.5 Å². The molecule has 0 aliphatic rings. The second-order valence-electron chi connectivity index (χ2n) is 8.87. The van der Waals surface area contributed by atoms with Gasteiger partial charge in [0, 0.05) is 5.57 Å². The van der Waals surface area contributed by atoms with E-state index in [2.05, 4.69) is 29.9 Å². The lowest BCUT2D eigenvalue weighted by molar-refractivity contribution is 0.434. The van der Waals surface area contributed by atoms with Crippen LogP contribution in [0.4, 0.5) is 17.6 Å². The smallest absolute Gasteiger partial charge is 0.177 e. The zero-order valence-electron chi connectivity index (χ0n) is 23.7. The van der Waals surface area contributed by atoms with Crippen molar-refractivity contribution >= 4 is 44.2 Å². The second kappa shape index (κ2) is 13.1. The van der Waals surface area contributed by atoms with E-state index in [1.165, 1.54) is 6.07 Å². The van der Waals surface area contributed by atoms with Gasteiger partial charge in [-0.05, 0) is 6.92 Å². The fraction of sp³-hybridized carbons (Fsp3) is 0.0333. The van der Waals surface area contributed by atoms with Crippen LogP contribution < -0.4 is 10.4 Å². The van der Waals surface area contributed by atoms with Crippen molar-refractivity contribution in [3.8, 4) is 54.6 Å². The summed E-state index contributed by atoms with van der Waals surface area (Å²) in [6.07, 6.45) is 0. The summed E-state index contributed by atoms with van der Waals surface area (Å²) in [5.74, 6) is -7.42. The molecule has 0 N–H and O–H groups in total. The van der Waals surface area contributed by atoms with Crippen LogP contribution in [0, 0.1) is 125 Å². The Kier molecular flexibility index (Phi) is 8.91. The van der Waals surface area contributed by atoms with Crippen molar-refractivity contribution in [1.82, 2.24) is 29.9 Å². The maximum atomic E-state index is 13.6. The normalized spacial score (nSPS) is 9.55. The molecule has 5 rings (SSSR count). The number of benzene rings is 2. The van der Waals surface area contributed by atoms with Crippen LogP contribution in [0.2, 0.25) is 0 Å². The third kappa shape index (κ3) is 5.34. The lowest BCUT2D eigenvalue weighted by Crippen LogP contribution is -2.30. The Morgan fingerprint density at radius 1 is 0.388 bits per heavy atom. The molecular formula is C30H3F4N15. The molecule has 3 aromatic heterocycles. The van der Waals surface area contributed by atoms with Crippen molar-refractivity contribution in [1.29, 1.82) is 47.4 Å². The van der Waals surface area contributed by atoms with Crippen LogP contribution in [0.5, 0.6) is 0 Å². The first kappa shape index (κ1) is 33.2. The number of halogens is 4. The molecular weight excluding hydrogens is 646 g/mol. The first-order valence-corrected chi connectivity index (χ1v) is 12.5. The second-order valence-corrected chi connectivity index (χ2v) is 8.87. The minimum atomic E-state index is -1.89. The van der Waals surface area contributed by atoms with Gasteiger partial charge in [-0.25, -0.2) is 47.5 Å². The first-order chi connectivity index (χ1) is 23.5. The average Bonchev–Trinajstić information content (AvgIpc) is 3.14. The highest BCUT2D eigenvalue weighted by Gasteiger charge is 2.24. The molecule has 0 fully saturated rings. The molecule has 0 saturated carbocycles. The number of hydrogen-bond donors (Lipinski definition) is 0. The summed E-state index contributed by atoms with van der Waals surface area (Å²) < 4.78 is 54.4. The van der Waals surface area contributed by atoms with E-state index >= 15 is 0 Å². The lowest BCUT2D eigenvalue weighted by Gasteiger charge is -2.09. The van der Waals surface area contributed by atoms with E-state index in [-0.39, 0.29) is 67.3 Å². The third-order valence-electron chi connectivity index (χ3n) is 6.28. The molecule has 0 aliphatic heterocycles. The first-order valence-electron chi connectivity index (χ1n) is 12.5. The number of nitriles is 9. The number of rotatable bonds is 0. The Morgan fingerprint density at radius 3 is 0.796 bits per heavy atom. The predicted octanol–water partition coefficient (Wildman–Crippen LogP) is 1.88. The quantitative estimate of drug-likeness (QED) is 0.131. The molecule has 2 aromatic carbocycles. The zero-order chi connectivity index (χ0) is 36.2. The highest BCUT2D eigenvalue weighted by Crippen LogP contribution is 2.31. The van der Waals surface area contributed by atoms with Gasteiger partial charge in [0.2, 0.25) is 0 Å². The van der Waals surface area contributed by atoms with Crippen LogP contribution in [-0.4, -0.2) is 29.9 Å². The summed E-state index contributed by atoms with van der Waals surface area (Å²) in [4.78, 5) is 24.7. The van der Waals surface area contributed by atoms with Gasteiger partial charge in [-0.3, -0.25) is 0 Å². The van der Waals surface area contributed by atoms with E-state index in [1.54, 1.807) is 36.4 Å². The Labute approximate surface area is 268 Å². The topological polar surface area (TPSA) is 291 Å². The molecule has 0 atom stereocenters. The zero-order valence-corrected chi connectivity index (χ0v) is 23.7. The van der Waals surface area contributed by atoms with Crippen LogP contribution in [0.15, 0.2) is 0 Å². The van der Waals surface area contributed by atoms with Gasteiger partial charge in [0.15, 0.2) is 57.4 Å². The number of aromatic nitrogens is 6. The molecule has 0 saturated heterocycles. The Bertz CT molecular complexity index is 2480. The molecule has 19 heteroatoms. The summed E-state index contributed by atoms with van der Waals surface area (Å²) in [5, 5.41) is 78.7. The van der Waals surface area contributed by atoms with Crippen molar-refractivity contribution < 1.29 is 17.6 Å². The van der Waals surface area contributed by atoms with Gasteiger partial charge >= 0.3 is 0 Å². The van der Waals surface area contributed by atoms with E-state index in [9.17, 15) is 49.1 Å². The summed E-state index contributed by atoms with van der Waals surface area (Å²) in [6.45, 7) is 0.971. The Balaban J connectivity index is 0.000000246. The van der Waals surface area contributed by atoms with Crippen LogP contribution in [-0.2, 0) is 0 Å². The standard InChI is InChI=1S/C18N12.C12H3F4N3/c19-1-7-8(2-20)26-14-13(25-7)15-17(29-10(4-22)9(3-21)27-15)18-16(14)28-11(5-23)12(6-24)30-18;1-5(2-17)7-9(13)11(15)8(6(3-18)4-19)12(16)10(7)14/h;1H3. The van der Waals surface area contributed by atoms with Gasteiger partial charge in [0.1, 0.15) is 87.2 Å². The van der Waals surface area contributed by atoms with Crippen molar-refractivity contribution in [3.05, 3.63) is 67.9 Å². The van der Waals surface area contributed by atoms with Gasteiger partial charge in [-0.1, -0.05) is 0 Å². The van der Waals surface area contributed by atoms with E-state index in [4.69, 9.17) is 15.8 Å². The molecule has 226 valence electrons. The molecule has 0 aliphatic carbocycles. The summed E-state index contributed by atoms with van der Waals surface area (Å²) in [6, 6.07) is 14.1. The number of hydrogen-bond acceptors (Lipinski definition) is 15. The van der Waals surface area contributed by atoms with Crippen LogP contribution in [0.1, 0.15) is 41.1 Å². The summed E-state index contributed by atoms with van der Waals surface area (Å²) in [5.41, 5.74) is -3.58. The molecule has 0 bridgehead atoms. The number of nitrogens with zero attached hydrogens (tertiary/aromatic N) is 15. The fourth-order valence-electron chi connectivity index (χ4n) is 4.14. The van der Waals surface area contributed by atoms with Crippen LogP contribution >= 0.6 is 0 Å².